The molecule has 4 nitrogen and oxygen atoms in total. The molecule has 0 aromatic carbocycles. The van der Waals surface area contributed by atoms with E-state index in [1.807, 2.05) is 36.9 Å². The molecule has 4 rings (SSSR count). The molecule has 0 aliphatic carbocycles. The van der Waals surface area contributed by atoms with Crippen LogP contribution in [-0.4, -0.2) is 4.98 Å². The minimum atomic E-state index is 0.931. The minimum Gasteiger partial charge on any atom is -0.265 e. The molecule has 0 aliphatic rings. The van der Waals surface area contributed by atoms with Gasteiger partial charge in [-0.15, -0.1) is 0 Å². The lowest BCUT2D eigenvalue weighted by atomic mass is 10.1. The molecule has 1 N–H and O–H groups in total. The highest BCUT2D eigenvalue weighted by Gasteiger charge is 2.08. The average molecular weight is 341 g/mol. The summed E-state index contributed by atoms with van der Waals surface area (Å²) in [6, 6.07) is 16.8. The van der Waals surface area contributed by atoms with Crippen molar-refractivity contribution in [3.05, 3.63) is 98.1 Å². The Bertz CT molecular complexity index is 867. The third-order valence-electron chi connectivity index (χ3n) is 4.46. The zero-order chi connectivity index (χ0) is 17.6. The Morgan fingerprint density at radius 1 is 0.577 bits per heavy atom. The van der Waals surface area contributed by atoms with E-state index in [-0.39, 0.29) is 0 Å². The number of hydrogen-bond donors (Lipinski definition) is 0. The molecule has 0 bridgehead atoms. The van der Waals surface area contributed by atoms with E-state index >= 15 is 0 Å². The summed E-state index contributed by atoms with van der Waals surface area (Å²) >= 11 is 0. The Labute approximate surface area is 153 Å². The number of nitrogens with one attached hydrogen (secondary N) is 1. The summed E-state index contributed by atoms with van der Waals surface area (Å²) in [5.74, 6) is 0. The number of pyridine rings is 4. The maximum absolute atomic E-state index is 4.07. The molecule has 0 saturated heterocycles. The van der Waals surface area contributed by atoms with Gasteiger partial charge in [-0.3, -0.25) is 4.98 Å². The van der Waals surface area contributed by atoms with E-state index in [9.17, 15) is 0 Å². The third kappa shape index (κ3) is 3.81. The lowest BCUT2D eigenvalue weighted by molar-refractivity contribution is -0.778. The van der Waals surface area contributed by atoms with Gasteiger partial charge in [-0.05, 0) is 34.4 Å². The third-order valence-corrected chi connectivity index (χ3v) is 4.46. The zero-order valence-electron chi connectivity index (χ0n) is 14.5. The summed E-state index contributed by atoms with van der Waals surface area (Å²) in [6.45, 7) is 1.86. The molecule has 0 saturated carbocycles. The second kappa shape index (κ2) is 7.66. The molecule has 0 aliphatic heterocycles. The second-order valence-electron chi connectivity index (χ2n) is 6.17. The van der Waals surface area contributed by atoms with Gasteiger partial charge in [-0.25, -0.2) is 4.98 Å². The predicted octanol–water partition coefficient (Wildman–Crippen LogP) is 2.50. The van der Waals surface area contributed by atoms with Crippen LogP contribution in [0.1, 0.15) is 0 Å². The van der Waals surface area contributed by atoms with Crippen molar-refractivity contribution in [2.75, 3.05) is 0 Å². The largest absolute Gasteiger partial charge is 0.265 e. The summed E-state index contributed by atoms with van der Waals surface area (Å²) in [6.07, 6.45) is 16.1. The first-order valence-corrected chi connectivity index (χ1v) is 8.74. The monoisotopic (exact) mass is 341 g/mol. The van der Waals surface area contributed by atoms with E-state index in [1.54, 1.807) is 0 Å². The molecule has 4 aromatic rings. The number of nitrogens with zero attached hydrogens (tertiary/aromatic N) is 3. The first-order chi connectivity index (χ1) is 12.9. The van der Waals surface area contributed by atoms with Crippen LogP contribution in [0.3, 0.4) is 0 Å². The van der Waals surface area contributed by atoms with Crippen LogP contribution in [0.15, 0.2) is 98.1 Å². The van der Waals surface area contributed by atoms with Gasteiger partial charge in [0.1, 0.15) is 0 Å². The molecule has 0 spiro atoms. The Hall–Kier alpha value is -3.40. The molecule has 4 heterocycles. The lowest BCUT2D eigenvalue weighted by Crippen LogP contribution is -2.43. The van der Waals surface area contributed by atoms with E-state index in [4.69, 9.17) is 0 Å². The predicted molar refractivity (Wildman–Crippen MR) is 98.5 cm³/mol. The summed E-state index contributed by atoms with van der Waals surface area (Å²) in [4.78, 5) is 7.12. The van der Waals surface area contributed by atoms with E-state index in [0.29, 0.717) is 0 Å². The molecule has 0 fully saturated rings. The molecule has 4 heteroatoms. The number of rotatable bonds is 5. The van der Waals surface area contributed by atoms with E-state index in [1.165, 1.54) is 22.3 Å². The van der Waals surface area contributed by atoms with Gasteiger partial charge in [-0.2, -0.15) is 9.13 Å². The molecule has 4 aromatic heterocycles. The summed E-state index contributed by atoms with van der Waals surface area (Å²) in [7, 11) is 0. The van der Waals surface area contributed by atoms with Crippen molar-refractivity contribution in [3.8, 4) is 22.3 Å². The SMILES string of the molecule is c1cc(-c2cc[n+](CC[n+]3ccc(-c4cc[nH+]cc4)cc3)cc2)ccn1. The summed E-state index contributed by atoms with van der Waals surface area (Å²) < 4.78 is 4.42. The Morgan fingerprint density at radius 2 is 1.00 bits per heavy atom. The van der Waals surface area contributed by atoms with Crippen molar-refractivity contribution >= 4 is 0 Å². The summed E-state index contributed by atoms with van der Waals surface area (Å²) in [5.41, 5.74) is 4.85. The van der Waals surface area contributed by atoms with E-state index < -0.39 is 0 Å². The van der Waals surface area contributed by atoms with Gasteiger partial charge in [0.15, 0.2) is 37.2 Å². The standard InChI is InChI=1S/C22H20N4/c1-9-23-10-2-19(1)21-5-13-25(14-6-21)17-18-26-15-7-22(8-16-26)20-3-11-24-12-4-20/h1-16H,17-18H2/q+2/p+1. The second-order valence-corrected chi connectivity index (χ2v) is 6.17. The van der Waals surface area contributed by atoms with Gasteiger partial charge in [0.25, 0.3) is 0 Å². The van der Waals surface area contributed by atoms with E-state index in [0.717, 1.165) is 13.1 Å². The molecule has 0 radical (unpaired) electrons. The van der Waals surface area contributed by atoms with Gasteiger partial charge in [-0.1, -0.05) is 0 Å². The minimum absolute atomic E-state index is 0.931. The molecule has 0 atom stereocenters. The molecular formula is C22H21N4+3. The van der Waals surface area contributed by atoms with Crippen LogP contribution in [0.4, 0.5) is 0 Å². The van der Waals surface area contributed by atoms with E-state index in [2.05, 4.69) is 80.3 Å². The van der Waals surface area contributed by atoms with Crippen molar-refractivity contribution in [3.63, 3.8) is 0 Å². The fourth-order valence-corrected chi connectivity index (χ4v) is 2.95. The van der Waals surface area contributed by atoms with Gasteiger partial charge < -0.3 is 0 Å². The first kappa shape index (κ1) is 16.1. The highest BCUT2D eigenvalue weighted by atomic mass is 15.0. The molecule has 0 unspecified atom stereocenters. The number of aryl methyl sites for hydroxylation is 2. The Balaban J connectivity index is 1.40. The van der Waals surface area contributed by atoms with Crippen LogP contribution >= 0.6 is 0 Å². The van der Waals surface area contributed by atoms with Crippen LogP contribution in [-0.2, 0) is 13.1 Å². The highest BCUT2D eigenvalue weighted by Crippen LogP contribution is 2.16. The van der Waals surface area contributed by atoms with Crippen molar-refractivity contribution in [2.24, 2.45) is 0 Å². The quantitative estimate of drug-likeness (QED) is 0.514. The smallest absolute Gasteiger partial charge is 0.206 e. The number of aromatic amines is 1. The molecule has 0 amide bonds. The number of H-pyrrole nitrogens is 1. The molecule has 126 valence electrons. The maximum Gasteiger partial charge on any atom is 0.206 e. The molecular weight excluding hydrogens is 320 g/mol. The van der Waals surface area contributed by atoms with Gasteiger partial charge in [0.05, 0.1) is 0 Å². The van der Waals surface area contributed by atoms with Crippen molar-refractivity contribution in [1.29, 1.82) is 0 Å². The van der Waals surface area contributed by atoms with Gasteiger partial charge >= 0.3 is 0 Å². The fraction of sp³-hybridized carbons (Fsp3) is 0.0909. The molecule has 26 heavy (non-hydrogen) atoms. The zero-order valence-corrected chi connectivity index (χ0v) is 14.5. The Kier molecular flexibility index (Phi) is 4.74. The van der Waals surface area contributed by atoms with Crippen LogP contribution in [0.2, 0.25) is 0 Å². The number of hydrogen-bond acceptors (Lipinski definition) is 1. The van der Waals surface area contributed by atoms with Crippen LogP contribution in [0.5, 0.6) is 0 Å². The normalized spacial score (nSPS) is 10.6. The van der Waals surface area contributed by atoms with Crippen molar-refractivity contribution < 1.29 is 14.1 Å². The summed E-state index contributed by atoms with van der Waals surface area (Å²) in [5, 5.41) is 0. The van der Waals surface area contributed by atoms with Gasteiger partial charge in [0, 0.05) is 48.8 Å². The number of aromatic nitrogens is 4. The van der Waals surface area contributed by atoms with Crippen LogP contribution in [0.25, 0.3) is 22.3 Å². The van der Waals surface area contributed by atoms with Gasteiger partial charge in [0.2, 0.25) is 13.1 Å². The van der Waals surface area contributed by atoms with Crippen LogP contribution in [0, 0.1) is 0 Å². The maximum atomic E-state index is 4.07. The highest BCUT2D eigenvalue weighted by molar-refractivity contribution is 5.61. The van der Waals surface area contributed by atoms with Crippen LogP contribution < -0.4 is 14.1 Å². The first-order valence-electron chi connectivity index (χ1n) is 8.74. The fourth-order valence-electron chi connectivity index (χ4n) is 2.95. The topological polar surface area (TPSA) is 34.8 Å². The van der Waals surface area contributed by atoms with Crippen molar-refractivity contribution in [1.82, 2.24) is 4.98 Å². The average Bonchev–Trinajstić information content (AvgIpc) is 2.74. The Morgan fingerprint density at radius 3 is 1.50 bits per heavy atom. The lowest BCUT2D eigenvalue weighted by Gasteiger charge is -2.01. The van der Waals surface area contributed by atoms with Crippen molar-refractivity contribution in [2.45, 2.75) is 13.1 Å².